The number of likely N-dealkylation sites (N-methyl/N-ethyl adjacent to an activating group) is 1. The van der Waals surface area contributed by atoms with E-state index in [0.717, 1.165) is 13.1 Å². The molecule has 1 amide bonds. The average molecular weight is 336 g/mol. The highest BCUT2D eigenvalue weighted by Gasteiger charge is 2.08. The fourth-order valence-electron chi connectivity index (χ4n) is 2.45. The van der Waals surface area contributed by atoms with Gasteiger partial charge in [0.25, 0.3) is 5.91 Å². The zero-order valence-electron chi connectivity index (χ0n) is 14.0. The van der Waals surface area contributed by atoms with Crippen LogP contribution in [-0.2, 0) is 6.54 Å². The Kier molecular flexibility index (Phi) is 5.48. The van der Waals surface area contributed by atoms with Crippen molar-refractivity contribution in [2.24, 2.45) is 0 Å². The highest BCUT2D eigenvalue weighted by molar-refractivity contribution is 5.94. The van der Waals surface area contributed by atoms with Gasteiger partial charge in [-0.25, -0.2) is 14.6 Å². The first-order chi connectivity index (χ1) is 12.2. The number of aromatic nitrogens is 4. The van der Waals surface area contributed by atoms with E-state index in [2.05, 4.69) is 37.4 Å². The molecule has 0 aliphatic carbocycles. The largest absolute Gasteiger partial charge is 0.351 e. The van der Waals surface area contributed by atoms with Crippen LogP contribution in [0.1, 0.15) is 15.9 Å². The van der Waals surface area contributed by atoms with Crippen molar-refractivity contribution in [3.05, 3.63) is 72.4 Å². The molecule has 0 unspecified atom stereocenters. The monoisotopic (exact) mass is 336 g/mol. The summed E-state index contributed by atoms with van der Waals surface area (Å²) in [7, 11) is 2.04. The summed E-state index contributed by atoms with van der Waals surface area (Å²) in [6.07, 6.45) is 4.56. The standard InChI is InChI=1S/C18H20N6O/c1-23(12-15-5-3-2-4-6-15)10-9-21-18(25)16-7-8-20-17(11-16)24-14-19-13-22-24/h2-8,11,13-14H,9-10,12H2,1H3,(H,21,25). The van der Waals surface area contributed by atoms with Crippen LogP contribution in [0.4, 0.5) is 0 Å². The summed E-state index contributed by atoms with van der Waals surface area (Å²) in [6, 6.07) is 13.6. The van der Waals surface area contributed by atoms with Gasteiger partial charge in [0.15, 0.2) is 5.82 Å². The summed E-state index contributed by atoms with van der Waals surface area (Å²) in [6.45, 7) is 2.19. The number of hydrogen-bond donors (Lipinski definition) is 1. The number of nitrogens with one attached hydrogen (secondary N) is 1. The molecule has 0 spiro atoms. The Bertz CT molecular complexity index is 803. The molecule has 7 heteroatoms. The topological polar surface area (TPSA) is 75.9 Å². The Hall–Kier alpha value is -3.06. The van der Waals surface area contributed by atoms with Gasteiger partial charge in [0.2, 0.25) is 0 Å². The van der Waals surface area contributed by atoms with Crippen LogP contribution in [0.3, 0.4) is 0 Å². The molecule has 0 aliphatic rings. The molecule has 0 fully saturated rings. The fraction of sp³-hybridized carbons (Fsp3) is 0.222. The number of benzene rings is 1. The first-order valence-corrected chi connectivity index (χ1v) is 8.04. The predicted molar refractivity (Wildman–Crippen MR) is 94.3 cm³/mol. The van der Waals surface area contributed by atoms with Crippen LogP contribution in [0.15, 0.2) is 61.3 Å². The predicted octanol–water partition coefficient (Wildman–Crippen LogP) is 1.52. The van der Waals surface area contributed by atoms with E-state index in [-0.39, 0.29) is 5.91 Å². The molecule has 3 aromatic rings. The number of pyridine rings is 1. The molecule has 25 heavy (non-hydrogen) atoms. The molecule has 1 N–H and O–H groups in total. The highest BCUT2D eigenvalue weighted by atomic mass is 16.1. The van der Waals surface area contributed by atoms with Crippen molar-refractivity contribution < 1.29 is 4.79 Å². The first kappa shape index (κ1) is 16.8. The van der Waals surface area contributed by atoms with Gasteiger partial charge >= 0.3 is 0 Å². The minimum Gasteiger partial charge on any atom is -0.351 e. The van der Waals surface area contributed by atoms with E-state index in [9.17, 15) is 4.79 Å². The number of carbonyl (C=O) groups excluding carboxylic acids is 1. The quantitative estimate of drug-likeness (QED) is 0.708. The van der Waals surface area contributed by atoms with Crippen molar-refractivity contribution >= 4 is 5.91 Å². The van der Waals surface area contributed by atoms with E-state index < -0.39 is 0 Å². The third kappa shape index (κ3) is 4.71. The van der Waals surface area contributed by atoms with Crippen molar-refractivity contribution in [2.45, 2.75) is 6.54 Å². The van der Waals surface area contributed by atoms with Crippen LogP contribution in [0.5, 0.6) is 0 Å². The molecule has 128 valence electrons. The smallest absolute Gasteiger partial charge is 0.251 e. The van der Waals surface area contributed by atoms with Crippen LogP contribution in [0.25, 0.3) is 5.82 Å². The third-order valence-electron chi connectivity index (χ3n) is 3.74. The first-order valence-electron chi connectivity index (χ1n) is 8.04. The van der Waals surface area contributed by atoms with Crippen LogP contribution in [0.2, 0.25) is 0 Å². The fourth-order valence-corrected chi connectivity index (χ4v) is 2.45. The number of carbonyl (C=O) groups is 1. The maximum atomic E-state index is 12.3. The second kappa shape index (κ2) is 8.16. The Morgan fingerprint density at radius 1 is 1.24 bits per heavy atom. The zero-order valence-corrected chi connectivity index (χ0v) is 14.0. The lowest BCUT2D eigenvalue weighted by molar-refractivity contribution is 0.0949. The van der Waals surface area contributed by atoms with Gasteiger partial charge in [0, 0.05) is 31.4 Å². The number of hydrogen-bond acceptors (Lipinski definition) is 5. The minimum absolute atomic E-state index is 0.128. The van der Waals surface area contributed by atoms with Crippen molar-refractivity contribution in [1.29, 1.82) is 0 Å². The maximum absolute atomic E-state index is 12.3. The van der Waals surface area contributed by atoms with Gasteiger partial charge in [0.1, 0.15) is 12.7 Å². The van der Waals surface area contributed by atoms with Gasteiger partial charge in [-0.2, -0.15) is 5.10 Å². The molecular formula is C18H20N6O. The summed E-state index contributed by atoms with van der Waals surface area (Å²) in [5.74, 6) is 0.434. The van der Waals surface area contributed by atoms with Crippen LogP contribution < -0.4 is 5.32 Å². The van der Waals surface area contributed by atoms with Crippen molar-refractivity contribution in [3.63, 3.8) is 0 Å². The van der Waals surface area contributed by atoms with Crippen LogP contribution in [0, 0.1) is 0 Å². The zero-order chi connectivity index (χ0) is 17.5. The van der Waals surface area contributed by atoms with E-state index in [1.54, 1.807) is 24.7 Å². The number of amides is 1. The second-order valence-corrected chi connectivity index (χ2v) is 5.72. The van der Waals surface area contributed by atoms with E-state index in [0.29, 0.717) is 17.9 Å². The molecule has 2 heterocycles. The second-order valence-electron chi connectivity index (χ2n) is 5.72. The minimum atomic E-state index is -0.128. The summed E-state index contributed by atoms with van der Waals surface area (Å²) >= 11 is 0. The highest BCUT2D eigenvalue weighted by Crippen LogP contribution is 2.06. The molecule has 0 atom stereocenters. The summed E-state index contributed by atoms with van der Waals surface area (Å²) in [5, 5.41) is 6.95. The molecule has 7 nitrogen and oxygen atoms in total. The molecule has 0 saturated carbocycles. The molecule has 3 rings (SSSR count). The van der Waals surface area contributed by atoms with Crippen LogP contribution in [-0.4, -0.2) is 50.7 Å². The van der Waals surface area contributed by atoms with E-state index in [1.165, 1.54) is 16.6 Å². The van der Waals surface area contributed by atoms with Crippen molar-refractivity contribution in [2.75, 3.05) is 20.1 Å². The SMILES string of the molecule is CN(CCNC(=O)c1ccnc(-n2cncn2)c1)Cc1ccccc1. The van der Waals surface area contributed by atoms with E-state index in [1.807, 2.05) is 25.2 Å². The average Bonchev–Trinajstić information content (AvgIpc) is 3.17. The Morgan fingerprint density at radius 2 is 2.08 bits per heavy atom. The van der Waals surface area contributed by atoms with Gasteiger partial charge in [-0.1, -0.05) is 30.3 Å². The van der Waals surface area contributed by atoms with Crippen molar-refractivity contribution in [3.8, 4) is 5.82 Å². The normalized spacial score (nSPS) is 10.8. The Morgan fingerprint density at radius 3 is 2.84 bits per heavy atom. The lowest BCUT2D eigenvalue weighted by Crippen LogP contribution is -2.32. The molecule has 0 bridgehead atoms. The lowest BCUT2D eigenvalue weighted by atomic mass is 10.2. The number of nitrogens with zero attached hydrogens (tertiary/aromatic N) is 5. The summed E-state index contributed by atoms with van der Waals surface area (Å²) < 4.78 is 1.52. The molecule has 0 aliphatic heterocycles. The van der Waals surface area contributed by atoms with Crippen LogP contribution >= 0.6 is 0 Å². The molecule has 0 saturated heterocycles. The van der Waals surface area contributed by atoms with E-state index in [4.69, 9.17) is 0 Å². The van der Waals surface area contributed by atoms with E-state index >= 15 is 0 Å². The van der Waals surface area contributed by atoms with Gasteiger partial charge in [-0.3, -0.25) is 4.79 Å². The Balaban J connectivity index is 1.50. The molecule has 1 aromatic carbocycles. The van der Waals surface area contributed by atoms with Gasteiger partial charge in [-0.05, 0) is 24.7 Å². The summed E-state index contributed by atoms with van der Waals surface area (Å²) in [4.78, 5) is 22.5. The summed E-state index contributed by atoms with van der Waals surface area (Å²) in [5.41, 5.74) is 1.80. The van der Waals surface area contributed by atoms with Crippen molar-refractivity contribution in [1.82, 2.24) is 30.0 Å². The number of rotatable bonds is 7. The van der Waals surface area contributed by atoms with Gasteiger partial charge < -0.3 is 10.2 Å². The molecule has 0 radical (unpaired) electrons. The lowest BCUT2D eigenvalue weighted by Gasteiger charge is -2.17. The molecule has 2 aromatic heterocycles. The third-order valence-corrected chi connectivity index (χ3v) is 3.74. The maximum Gasteiger partial charge on any atom is 0.251 e. The molecular weight excluding hydrogens is 316 g/mol. The van der Waals surface area contributed by atoms with Gasteiger partial charge in [0.05, 0.1) is 0 Å². The Labute approximate surface area is 146 Å². The van der Waals surface area contributed by atoms with Gasteiger partial charge in [-0.15, -0.1) is 0 Å².